The molecule has 0 fully saturated rings. The summed E-state index contributed by atoms with van der Waals surface area (Å²) in [4.78, 5) is 24.3. The summed E-state index contributed by atoms with van der Waals surface area (Å²) in [5.41, 5.74) is 0.724. The molecule has 0 aliphatic rings. The topological polar surface area (TPSA) is 135 Å². The first kappa shape index (κ1) is 25.6. The van der Waals surface area contributed by atoms with E-state index in [0.29, 0.717) is 5.56 Å². The molecule has 0 bridgehead atoms. The minimum absolute atomic E-state index is 0.0473. The van der Waals surface area contributed by atoms with Crippen molar-refractivity contribution in [1.29, 1.82) is 0 Å². The molecule has 4 aromatic rings. The number of benzene rings is 2. The highest BCUT2D eigenvalue weighted by Gasteiger charge is 2.31. The molecular formula is C25H21F3N2O7. The highest BCUT2D eigenvalue weighted by Crippen LogP contribution is 2.43. The standard InChI is InChI=1S/C25H21F3N2O7/c1-10-17(36-23-18(10)21(32)11(2)22(33)20(23)13(4)31)9-16-19(24(34)35)12(3)29-30(16)14-5-7-15(8-6-14)37-25(26,27)28/h5-8,32-33H,9H2,1-4H3,(H,34,35). The first-order chi connectivity index (χ1) is 17.2. The van der Waals surface area contributed by atoms with Crippen molar-refractivity contribution in [3.05, 3.63) is 63.7 Å². The smallest absolute Gasteiger partial charge is 0.507 e. The van der Waals surface area contributed by atoms with Crippen LogP contribution in [0.3, 0.4) is 0 Å². The molecule has 2 heterocycles. The van der Waals surface area contributed by atoms with Gasteiger partial charge in [-0.15, -0.1) is 13.2 Å². The number of carbonyl (C=O) groups excluding carboxylic acids is 1. The monoisotopic (exact) mass is 518 g/mol. The predicted molar refractivity (Wildman–Crippen MR) is 124 cm³/mol. The zero-order chi connectivity index (χ0) is 27.4. The number of Topliss-reactive ketones (excluding diaryl/α,β-unsaturated/α-hetero) is 1. The summed E-state index contributed by atoms with van der Waals surface area (Å²) in [5, 5.41) is 35.4. The summed E-state index contributed by atoms with van der Waals surface area (Å²) in [5.74, 6) is -2.77. The number of rotatable bonds is 6. The molecule has 0 aliphatic heterocycles. The molecule has 194 valence electrons. The summed E-state index contributed by atoms with van der Waals surface area (Å²) in [6, 6.07) is 4.71. The van der Waals surface area contributed by atoms with Crippen LogP contribution in [-0.4, -0.2) is 43.2 Å². The van der Waals surface area contributed by atoms with Crippen molar-refractivity contribution in [3.63, 3.8) is 0 Å². The number of ether oxygens (including phenoxy) is 1. The Morgan fingerprint density at radius 3 is 2.19 bits per heavy atom. The Morgan fingerprint density at radius 1 is 1.03 bits per heavy atom. The highest BCUT2D eigenvalue weighted by atomic mass is 19.4. The third-order valence-corrected chi connectivity index (χ3v) is 6.02. The highest BCUT2D eigenvalue weighted by molar-refractivity contribution is 6.10. The van der Waals surface area contributed by atoms with Crippen LogP contribution in [0.4, 0.5) is 13.2 Å². The van der Waals surface area contributed by atoms with Gasteiger partial charge in [0.1, 0.15) is 34.1 Å². The first-order valence-electron chi connectivity index (χ1n) is 10.9. The number of phenolic OH excluding ortho intramolecular Hbond substituents is 2. The van der Waals surface area contributed by atoms with E-state index in [1.165, 1.54) is 37.6 Å². The Morgan fingerprint density at radius 2 is 1.65 bits per heavy atom. The third kappa shape index (κ3) is 4.46. The van der Waals surface area contributed by atoms with Gasteiger partial charge in [-0.3, -0.25) is 4.79 Å². The van der Waals surface area contributed by atoms with Crippen molar-refractivity contribution >= 4 is 22.7 Å². The second kappa shape index (κ2) is 8.87. The van der Waals surface area contributed by atoms with E-state index in [4.69, 9.17) is 4.42 Å². The van der Waals surface area contributed by atoms with Crippen LogP contribution < -0.4 is 4.74 Å². The van der Waals surface area contributed by atoms with Gasteiger partial charge in [0.2, 0.25) is 0 Å². The SMILES string of the molecule is CC(=O)c1c(O)c(C)c(O)c2c(C)c(Cc3c(C(=O)O)c(C)nn3-c3ccc(OC(F)(F)F)cc3)oc12. The Balaban J connectivity index is 1.88. The minimum atomic E-state index is -4.87. The normalized spacial score (nSPS) is 11.8. The fourth-order valence-corrected chi connectivity index (χ4v) is 4.28. The number of halogens is 3. The van der Waals surface area contributed by atoms with Crippen molar-refractivity contribution in [2.24, 2.45) is 0 Å². The quantitative estimate of drug-likeness (QED) is 0.291. The number of ketones is 1. The molecule has 12 heteroatoms. The lowest BCUT2D eigenvalue weighted by Crippen LogP contribution is -2.17. The number of furan rings is 1. The number of carbonyl (C=O) groups is 2. The molecule has 2 aromatic carbocycles. The van der Waals surface area contributed by atoms with Crippen LogP contribution in [0.2, 0.25) is 0 Å². The van der Waals surface area contributed by atoms with E-state index in [-0.39, 0.29) is 62.7 Å². The van der Waals surface area contributed by atoms with E-state index >= 15 is 0 Å². The largest absolute Gasteiger partial charge is 0.573 e. The maximum atomic E-state index is 12.5. The molecule has 0 saturated heterocycles. The van der Waals surface area contributed by atoms with E-state index < -0.39 is 29.6 Å². The van der Waals surface area contributed by atoms with Gasteiger partial charge in [-0.05, 0) is 52.0 Å². The van der Waals surface area contributed by atoms with E-state index in [1.54, 1.807) is 6.92 Å². The average Bonchev–Trinajstić information content (AvgIpc) is 3.28. The molecule has 0 unspecified atom stereocenters. The number of aromatic hydroxyl groups is 2. The van der Waals surface area contributed by atoms with Gasteiger partial charge < -0.3 is 24.5 Å². The van der Waals surface area contributed by atoms with Crippen LogP contribution in [0, 0.1) is 20.8 Å². The van der Waals surface area contributed by atoms with E-state index in [0.717, 1.165) is 12.1 Å². The van der Waals surface area contributed by atoms with Gasteiger partial charge in [0.25, 0.3) is 0 Å². The van der Waals surface area contributed by atoms with Gasteiger partial charge in [0.05, 0.1) is 22.5 Å². The van der Waals surface area contributed by atoms with E-state index in [2.05, 4.69) is 9.84 Å². The summed E-state index contributed by atoms with van der Waals surface area (Å²) >= 11 is 0. The summed E-state index contributed by atoms with van der Waals surface area (Å²) in [7, 11) is 0. The number of nitrogens with zero attached hydrogens (tertiary/aromatic N) is 2. The molecule has 0 saturated carbocycles. The molecule has 4 rings (SSSR count). The molecular weight excluding hydrogens is 497 g/mol. The number of hydrogen-bond acceptors (Lipinski definition) is 7. The number of phenols is 2. The van der Waals surface area contributed by atoms with Crippen LogP contribution in [-0.2, 0) is 6.42 Å². The van der Waals surface area contributed by atoms with Crippen molar-refractivity contribution in [1.82, 2.24) is 9.78 Å². The molecule has 0 spiro atoms. The lowest BCUT2D eigenvalue weighted by molar-refractivity contribution is -0.274. The molecule has 0 radical (unpaired) electrons. The van der Waals surface area contributed by atoms with E-state index in [9.17, 15) is 38.1 Å². The second-order valence-electron chi connectivity index (χ2n) is 8.45. The Hall–Kier alpha value is -4.48. The number of aromatic carboxylic acids is 1. The van der Waals surface area contributed by atoms with Crippen molar-refractivity contribution in [2.45, 2.75) is 40.5 Å². The Kier molecular flexibility index (Phi) is 6.14. The molecule has 0 atom stereocenters. The van der Waals surface area contributed by atoms with Crippen molar-refractivity contribution < 1.29 is 47.2 Å². The van der Waals surface area contributed by atoms with Gasteiger partial charge in [-0.2, -0.15) is 5.10 Å². The number of aryl methyl sites for hydroxylation is 2. The summed E-state index contributed by atoms with van der Waals surface area (Å²) < 4.78 is 48.6. The molecule has 2 aromatic heterocycles. The van der Waals surface area contributed by atoms with Gasteiger partial charge in [0.15, 0.2) is 11.4 Å². The van der Waals surface area contributed by atoms with Crippen LogP contribution in [0.25, 0.3) is 16.7 Å². The first-order valence-corrected chi connectivity index (χ1v) is 10.9. The number of alkyl halides is 3. The van der Waals surface area contributed by atoms with Crippen LogP contribution in [0.5, 0.6) is 17.2 Å². The number of carboxylic acids is 1. The Labute approximate surface area is 207 Å². The van der Waals surface area contributed by atoms with Gasteiger partial charge in [0, 0.05) is 17.5 Å². The van der Waals surface area contributed by atoms with Crippen molar-refractivity contribution in [3.8, 4) is 22.9 Å². The minimum Gasteiger partial charge on any atom is -0.507 e. The average molecular weight is 518 g/mol. The third-order valence-electron chi connectivity index (χ3n) is 6.02. The van der Waals surface area contributed by atoms with E-state index in [1.807, 2.05) is 0 Å². The van der Waals surface area contributed by atoms with Crippen LogP contribution >= 0.6 is 0 Å². The summed E-state index contributed by atoms with van der Waals surface area (Å²) in [6.45, 7) is 5.75. The lowest BCUT2D eigenvalue weighted by atomic mass is 9.99. The zero-order valence-electron chi connectivity index (χ0n) is 20.0. The maximum absolute atomic E-state index is 12.5. The summed E-state index contributed by atoms with van der Waals surface area (Å²) in [6.07, 6.45) is -5.04. The van der Waals surface area contributed by atoms with Gasteiger partial charge >= 0.3 is 12.3 Å². The number of carboxylic acid groups (broad SMARTS) is 1. The Bertz CT molecular complexity index is 1560. The van der Waals surface area contributed by atoms with Crippen molar-refractivity contribution in [2.75, 3.05) is 0 Å². The molecule has 0 amide bonds. The number of hydrogen-bond donors (Lipinski definition) is 3. The zero-order valence-corrected chi connectivity index (χ0v) is 20.0. The lowest BCUT2D eigenvalue weighted by Gasteiger charge is -2.11. The fourth-order valence-electron chi connectivity index (χ4n) is 4.28. The number of fused-ring (bicyclic) bond motifs is 1. The predicted octanol–water partition coefficient (Wildman–Crippen LogP) is 5.35. The maximum Gasteiger partial charge on any atom is 0.573 e. The van der Waals surface area contributed by atoms with Crippen LogP contribution in [0.1, 0.15) is 55.9 Å². The van der Waals surface area contributed by atoms with Gasteiger partial charge in [-0.25, -0.2) is 9.48 Å². The number of aromatic nitrogens is 2. The molecule has 37 heavy (non-hydrogen) atoms. The molecule has 0 aliphatic carbocycles. The molecule has 9 nitrogen and oxygen atoms in total. The molecule has 3 N–H and O–H groups in total. The fraction of sp³-hybridized carbons (Fsp3) is 0.240. The second-order valence-corrected chi connectivity index (χ2v) is 8.45. The van der Waals surface area contributed by atoms with Crippen LogP contribution in [0.15, 0.2) is 28.7 Å². The van der Waals surface area contributed by atoms with Gasteiger partial charge in [-0.1, -0.05) is 0 Å².